The quantitative estimate of drug-likeness (QED) is 0.693. The number of hydrogen-bond acceptors (Lipinski definition) is 6. The summed E-state index contributed by atoms with van der Waals surface area (Å²) in [6, 6.07) is 5.71. The van der Waals surface area contributed by atoms with Gasteiger partial charge in [0.15, 0.2) is 0 Å². The third-order valence-corrected chi connectivity index (χ3v) is 5.13. The number of thiazole rings is 1. The molecule has 0 unspecified atom stereocenters. The minimum absolute atomic E-state index is 0.0417. The van der Waals surface area contributed by atoms with Crippen LogP contribution in [0, 0.1) is 20.8 Å². The molecule has 7 heteroatoms. The van der Waals surface area contributed by atoms with Gasteiger partial charge in [0.25, 0.3) is 0 Å². The summed E-state index contributed by atoms with van der Waals surface area (Å²) in [5.74, 6) is 0.717. The van der Waals surface area contributed by atoms with Gasteiger partial charge in [0.1, 0.15) is 5.82 Å². The van der Waals surface area contributed by atoms with Crippen molar-refractivity contribution in [3.05, 3.63) is 57.7 Å². The van der Waals surface area contributed by atoms with Crippen molar-refractivity contribution in [3.63, 3.8) is 0 Å². The van der Waals surface area contributed by atoms with Gasteiger partial charge in [0.2, 0.25) is 5.91 Å². The van der Waals surface area contributed by atoms with Crippen LogP contribution in [-0.4, -0.2) is 37.8 Å². The first-order chi connectivity index (χ1) is 12.4. The zero-order valence-corrected chi connectivity index (χ0v) is 16.2. The fraction of sp³-hybridized carbons (Fsp3) is 0.316. The van der Waals surface area contributed by atoms with Gasteiger partial charge in [-0.2, -0.15) is 0 Å². The summed E-state index contributed by atoms with van der Waals surface area (Å²) in [5.41, 5.74) is 3.38. The van der Waals surface area contributed by atoms with Crippen LogP contribution in [0.2, 0.25) is 0 Å². The Bertz CT molecular complexity index is 923. The van der Waals surface area contributed by atoms with E-state index in [1.165, 1.54) is 0 Å². The molecule has 6 nitrogen and oxygen atoms in total. The molecule has 26 heavy (non-hydrogen) atoms. The van der Waals surface area contributed by atoms with Crippen LogP contribution in [-0.2, 0) is 17.8 Å². The molecule has 0 bridgehead atoms. The predicted molar refractivity (Wildman–Crippen MR) is 102 cm³/mol. The number of rotatable bonds is 5. The number of hydrogen-bond donors (Lipinski definition) is 0. The topological polar surface area (TPSA) is 71.9 Å². The van der Waals surface area contributed by atoms with Crippen molar-refractivity contribution < 1.29 is 4.79 Å². The Morgan fingerprint density at radius 2 is 1.96 bits per heavy atom. The highest BCUT2D eigenvalue weighted by atomic mass is 32.1. The predicted octanol–water partition coefficient (Wildman–Crippen LogP) is 3.12. The number of aromatic nitrogens is 4. The molecule has 3 aromatic rings. The maximum absolute atomic E-state index is 12.7. The van der Waals surface area contributed by atoms with E-state index in [1.807, 2.05) is 39.0 Å². The number of amides is 1. The van der Waals surface area contributed by atoms with E-state index in [1.54, 1.807) is 35.7 Å². The average Bonchev–Trinajstić information content (AvgIpc) is 2.93. The van der Waals surface area contributed by atoms with Gasteiger partial charge in [0, 0.05) is 29.9 Å². The average molecular weight is 367 g/mol. The van der Waals surface area contributed by atoms with Crippen LogP contribution >= 0.6 is 11.3 Å². The van der Waals surface area contributed by atoms with Crippen molar-refractivity contribution in [2.75, 3.05) is 7.05 Å². The zero-order valence-electron chi connectivity index (χ0n) is 15.4. The van der Waals surface area contributed by atoms with Crippen molar-refractivity contribution in [1.29, 1.82) is 0 Å². The summed E-state index contributed by atoms with van der Waals surface area (Å²) in [7, 11) is 1.80. The Labute approximate surface area is 157 Å². The normalized spacial score (nSPS) is 10.8. The summed E-state index contributed by atoms with van der Waals surface area (Å²) in [4.78, 5) is 33.0. The minimum Gasteiger partial charge on any atom is -0.340 e. The fourth-order valence-electron chi connectivity index (χ4n) is 2.70. The summed E-state index contributed by atoms with van der Waals surface area (Å²) in [6.45, 7) is 6.15. The van der Waals surface area contributed by atoms with Crippen molar-refractivity contribution >= 4 is 17.2 Å². The van der Waals surface area contributed by atoms with Crippen LogP contribution in [0.1, 0.15) is 27.1 Å². The molecule has 0 aliphatic rings. The Morgan fingerprint density at radius 1 is 1.15 bits per heavy atom. The van der Waals surface area contributed by atoms with Gasteiger partial charge in [-0.25, -0.2) is 15.0 Å². The Kier molecular flexibility index (Phi) is 5.37. The van der Waals surface area contributed by atoms with Gasteiger partial charge in [-0.05, 0) is 32.9 Å². The number of carbonyl (C=O) groups excluding carboxylic acids is 1. The fourth-order valence-corrected chi connectivity index (χ4v) is 3.62. The SMILES string of the molecule is Cc1ncc(-c2ccccn2)c(CN(C)C(=O)Cc2sc(C)nc2C)n1. The van der Waals surface area contributed by atoms with Crippen LogP contribution < -0.4 is 0 Å². The molecule has 3 rings (SSSR count). The van der Waals surface area contributed by atoms with Crippen LogP contribution in [0.4, 0.5) is 0 Å². The van der Waals surface area contributed by atoms with Crippen LogP contribution in [0.5, 0.6) is 0 Å². The first kappa shape index (κ1) is 18.1. The van der Waals surface area contributed by atoms with E-state index in [4.69, 9.17) is 0 Å². The van der Waals surface area contributed by atoms with E-state index in [9.17, 15) is 4.79 Å². The number of likely N-dealkylation sites (N-methyl/N-ethyl adjacent to an activating group) is 1. The van der Waals surface area contributed by atoms with E-state index in [0.717, 1.165) is 32.5 Å². The molecule has 3 heterocycles. The number of nitrogens with zero attached hydrogens (tertiary/aromatic N) is 5. The van der Waals surface area contributed by atoms with E-state index in [0.29, 0.717) is 18.8 Å². The molecule has 0 saturated heterocycles. The lowest BCUT2D eigenvalue weighted by Gasteiger charge is -2.18. The lowest BCUT2D eigenvalue weighted by atomic mass is 10.1. The molecule has 0 atom stereocenters. The molecule has 0 aliphatic carbocycles. The smallest absolute Gasteiger partial charge is 0.227 e. The highest BCUT2D eigenvalue weighted by Gasteiger charge is 2.17. The van der Waals surface area contributed by atoms with Crippen molar-refractivity contribution in [2.24, 2.45) is 0 Å². The van der Waals surface area contributed by atoms with Gasteiger partial charge in [0.05, 0.1) is 35.1 Å². The van der Waals surface area contributed by atoms with Gasteiger partial charge in [-0.3, -0.25) is 9.78 Å². The summed E-state index contributed by atoms with van der Waals surface area (Å²) >= 11 is 1.57. The highest BCUT2D eigenvalue weighted by molar-refractivity contribution is 7.11. The Balaban J connectivity index is 1.80. The second kappa shape index (κ2) is 7.70. The summed E-state index contributed by atoms with van der Waals surface area (Å²) < 4.78 is 0. The van der Waals surface area contributed by atoms with E-state index in [-0.39, 0.29) is 5.91 Å². The molecule has 0 spiro atoms. The first-order valence-electron chi connectivity index (χ1n) is 8.35. The second-order valence-corrected chi connectivity index (χ2v) is 7.45. The van der Waals surface area contributed by atoms with E-state index in [2.05, 4.69) is 19.9 Å². The van der Waals surface area contributed by atoms with Crippen LogP contribution in [0.3, 0.4) is 0 Å². The van der Waals surface area contributed by atoms with Crippen molar-refractivity contribution in [3.8, 4) is 11.3 Å². The monoisotopic (exact) mass is 367 g/mol. The maximum Gasteiger partial charge on any atom is 0.227 e. The standard InChI is InChI=1S/C19H21N5OS/c1-12-18(26-14(3)22-12)9-19(25)24(4)11-17-15(10-21-13(2)23-17)16-7-5-6-8-20-16/h5-8,10H,9,11H2,1-4H3. The highest BCUT2D eigenvalue weighted by Crippen LogP contribution is 2.22. The molecule has 0 saturated carbocycles. The number of carbonyl (C=O) groups is 1. The Hall–Kier alpha value is -2.67. The molecular weight excluding hydrogens is 346 g/mol. The Morgan fingerprint density at radius 3 is 2.62 bits per heavy atom. The van der Waals surface area contributed by atoms with Crippen molar-refractivity contribution in [1.82, 2.24) is 24.8 Å². The van der Waals surface area contributed by atoms with Gasteiger partial charge < -0.3 is 4.90 Å². The summed E-state index contributed by atoms with van der Waals surface area (Å²) in [6.07, 6.45) is 3.87. The largest absolute Gasteiger partial charge is 0.340 e. The molecule has 0 aliphatic heterocycles. The summed E-state index contributed by atoms with van der Waals surface area (Å²) in [5, 5.41) is 0.983. The molecule has 0 fully saturated rings. The second-order valence-electron chi connectivity index (χ2n) is 6.16. The van der Waals surface area contributed by atoms with Gasteiger partial charge in [-0.15, -0.1) is 11.3 Å². The van der Waals surface area contributed by atoms with Gasteiger partial charge >= 0.3 is 0 Å². The molecule has 134 valence electrons. The molecule has 0 N–H and O–H groups in total. The van der Waals surface area contributed by atoms with Gasteiger partial charge in [-0.1, -0.05) is 6.07 Å². The zero-order chi connectivity index (χ0) is 18.7. The molecule has 3 aromatic heterocycles. The third kappa shape index (κ3) is 4.11. The van der Waals surface area contributed by atoms with Crippen molar-refractivity contribution in [2.45, 2.75) is 33.7 Å². The lowest BCUT2D eigenvalue weighted by Crippen LogP contribution is -2.28. The van der Waals surface area contributed by atoms with E-state index < -0.39 is 0 Å². The maximum atomic E-state index is 12.7. The number of aryl methyl sites for hydroxylation is 3. The van der Waals surface area contributed by atoms with Crippen LogP contribution in [0.15, 0.2) is 30.6 Å². The molecular formula is C19H21N5OS. The van der Waals surface area contributed by atoms with Crippen LogP contribution in [0.25, 0.3) is 11.3 Å². The number of pyridine rings is 1. The molecule has 0 radical (unpaired) electrons. The minimum atomic E-state index is 0.0417. The first-order valence-corrected chi connectivity index (χ1v) is 9.16. The lowest BCUT2D eigenvalue weighted by molar-refractivity contribution is -0.129. The molecule has 0 aromatic carbocycles. The molecule has 1 amide bonds. The third-order valence-electron chi connectivity index (χ3n) is 4.05. The van der Waals surface area contributed by atoms with E-state index >= 15 is 0 Å².